The zero-order valence-corrected chi connectivity index (χ0v) is 16.8. The number of rotatable bonds is 4. The van der Waals surface area contributed by atoms with Gasteiger partial charge in [0.1, 0.15) is 6.33 Å². The van der Waals surface area contributed by atoms with Gasteiger partial charge in [-0.15, -0.1) is 0 Å². The van der Waals surface area contributed by atoms with Crippen LogP contribution >= 0.6 is 0 Å². The van der Waals surface area contributed by atoms with Gasteiger partial charge in [-0.25, -0.2) is 4.98 Å². The Hall–Kier alpha value is -3.35. The van der Waals surface area contributed by atoms with Crippen molar-refractivity contribution in [1.82, 2.24) is 19.8 Å². The van der Waals surface area contributed by atoms with E-state index in [2.05, 4.69) is 38.0 Å². The molecule has 1 aliphatic heterocycles. The minimum absolute atomic E-state index is 0.0126. The molecule has 1 aliphatic rings. The van der Waals surface area contributed by atoms with Gasteiger partial charge in [0, 0.05) is 51.5 Å². The van der Waals surface area contributed by atoms with Crippen molar-refractivity contribution in [2.24, 2.45) is 0 Å². The van der Waals surface area contributed by atoms with Crippen molar-refractivity contribution >= 4 is 28.5 Å². The quantitative estimate of drug-likeness (QED) is 0.738. The number of likely N-dealkylation sites (N-methyl/N-ethyl adjacent to an activating group) is 1. The number of aromatic nitrogens is 2. The molecule has 1 fully saturated rings. The lowest BCUT2D eigenvalue weighted by molar-refractivity contribution is -0.129. The number of nitrogens with zero attached hydrogens (tertiary/aromatic N) is 4. The van der Waals surface area contributed by atoms with Crippen molar-refractivity contribution in [1.29, 1.82) is 0 Å². The number of piperazine rings is 1. The molecule has 0 aliphatic carbocycles. The van der Waals surface area contributed by atoms with Crippen LogP contribution in [0.15, 0.2) is 48.8 Å². The molecular formula is C22H25N5O2. The molecular weight excluding hydrogens is 366 g/mol. The van der Waals surface area contributed by atoms with Crippen LogP contribution in [0.25, 0.3) is 16.7 Å². The summed E-state index contributed by atoms with van der Waals surface area (Å²) >= 11 is 0. The van der Waals surface area contributed by atoms with Crippen molar-refractivity contribution in [3.63, 3.8) is 0 Å². The van der Waals surface area contributed by atoms with E-state index in [0.717, 1.165) is 54.2 Å². The smallest absolute Gasteiger partial charge is 0.224 e. The molecule has 7 heteroatoms. The van der Waals surface area contributed by atoms with Crippen LogP contribution in [0.4, 0.5) is 5.69 Å². The Balaban J connectivity index is 1.57. The standard InChI is InChI=1S/C22H25N5O2/c1-16(28)25-8-10-26(11-9-25)18-4-3-5-19(14-18)27-15-24-20-12-17(6-7-21(20)27)13-22(29)23-2/h3-7,12,14-15H,8-11,13H2,1-2H3,(H,23,29). The number of amides is 2. The van der Waals surface area contributed by atoms with Crippen LogP contribution in [0.2, 0.25) is 0 Å². The monoisotopic (exact) mass is 391 g/mol. The second-order valence-corrected chi connectivity index (χ2v) is 7.30. The number of hydrogen-bond acceptors (Lipinski definition) is 4. The maximum absolute atomic E-state index is 11.6. The highest BCUT2D eigenvalue weighted by Crippen LogP contribution is 2.24. The van der Waals surface area contributed by atoms with Gasteiger partial charge in [0.25, 0.3) is 0 Å². The van der Waals surface area contributed by atoms with Crippen molar-refractivity contribution < 1.29 is 9.59 Å². The summed E-state index contributed by atoms with van der Waals surface area (Å²) in [5, 5.41) is 2.65. The predicted molar refractivity (Wildman–Crippen MR) is 113 cm³/mol. The number of anilines is 1. The molecule has 1 saturated heterocycles. The van der Waals surface area contributed by atoms with Crippen LogP contribution in [0.3, 0.4) is 0 Å². The number of fused-ring (bicyclic) bond motifs is 1. The van der Waals surface area contributed by atoms with E-state index in [-0.39, 0.29) is 11.8 Å². The van der Waals surface area contributed by atoms with Gasteiger partial charge in [-0.1, -0.05) is 12.1 Å². The molecule has 4 rings (SSSR count). The Bertz CT molecular complexity index is 1050. The average molecular weight is 391 g/mol. The second-order valence-electron chi connectivity index (χ2n) is 7.30. The zero-order valence-electron chi connectivity index (χ0n) is 16.8. The van der Waals surface area contributed by atoms with Crippen molar-refractivity contribution in [3.8, 4) is 5.69 Å². The van der Waals surface area contributed by atoms with Crippen molar-refractivity contribution in [2.45, 2.75) is 13.3 Å². The number of nitrogens with one attached hydrogen (secondary N) is 1. The molecule has 1 N–H and O–H groups in total. The molecule has 2 amide bonds. The molecule has 2 aromatic carbocycles. The first-order chi connectivity index (χ1) is 14.0. The van der Waals surface area contributed by atoms with Crippen molar-refractivity contribution in [2.75, 3.05) is 38.1 Å². The molecule has 0 atom stereocenters. The Kier molecular flexibility index (Phi) is 5.20. The van der Waals surface area contributed by atoms with Gasteiger partial charge in [-0.3, -0.25) is 14.2 Å². The van der Waals surface area contributed by atoms with Gasteiger partial charge >= 0.3 is 0 Å². The number of carbonyl (C=O) groups is 2. The maximum Gasteiger partial charge on any atom is 0.224 e. The molecule has 0 unspecified atom stereocenters. The summed E-state index contributed by atoms with van der Waals surface area (Å²) in [6.07, 6.45) is 2.17. The molecule has 0 spiro atoms. The molecule has 150 valence electrons. The topological polar surface area (TPSA) is 70.5 Å². The number of carbonyl (C=O) groups excluding carboxylic acids is 2. The van der Waals surface area contributed by atoms with E-state index in [1.807, 2.05) is 35.5 Å². The third-order valence-electron chi connectivity index (χ3n) is 5.45. The van der Waals surface area contributed by atoms with Gasteiger partial charge < -0.3 is 15.1 Å². The third kappa shape index (κ3) is 3.94. The fourth-order valence-electron chi connectivity index (χ4n) is 3.77. The van der Waals surface area contributed by atoms with E-state index in [1.54, 1.807) is 14.0 Å². The van der Waals surface area contributed by atoms with E-state index >= 15 is 0 Å². The van der Waals surface area contributed by atoms with Gasteiger partial charge in [0.15, 0.2) is 0 Å². The summed E-state index contributed by atoms with van der Waals surface area (Å²) in [6.45, 7) is 4.79. The van der Waals surface area contributed by atoms with E-state index < -0.39 is 0 Å². The third-order valence-corrected chi connectivity index (χ3v) is 5.45. The summed E-state index contributed by atoms with van der Waals surface area (Å²) < 4.78 is 2.06. The molecule has 2 heterocycles. The maximum atomic E-state index is 11.6. The van der Waals surface area contributed by atoms with Crippen LogP contribution in [0.1, 0.15) is 12.5 Å². The van der Waals surface area contributed by atoms with Crippen molar-refractivity contribution in [3.05, 3.63) is 54.4 Å². The summed E-state index contributed by atoms with van der Waals surface area (Å²) in [6, 6.07) is 14.3. The highest BCUT2D eigenvalue weighted by Gasteiger charge is 2.19. The number of benzene rings is 2. The lowest BCUT2D eigenvalue weighted by atomic mass is 10.1. The Morgan fingerprint density at radius 3 is 2.52 bits per heavy atom. The fraction of sp³-hybridized carbons (Fsp3) is 0.318. The highest BCUT2D eigenvalue weighted by molar-refractivity contribution is 5.82. The van der Waals surface area contributed by atoms with E-state index in [0.29, 0.717) is 6.42 Å². The predicted octanol–water partition coefficient (Wildman–Crippen LogP) is 1.98. The molecule has 29 heavy (non-hydrogen) atoms. The first-order valence-electron chi connectivity index (χ1n) is 9.82. The number of imidazole rings is 1. The minimum Gasteiger partial charge on any atom is -0.368 e. The molecule has 1 aromatic heterocycles. The molecule has 0 saturated carbocycles. The second kappa shape index (κ2) is 7.95. The molecule has 0 radical (unpaired) electrons. The molecule has 0 bridgehead atoms. The van der Waals surface area contributed by atoms with E-state index in [4.69, 9.17) is 0 Å². The highest BCUT2D eigenvalue weighted by atomic mass is 16.2. The summed E-state index contributed by atoms with van der Waals surface area (Å²) in [4.78, 5) is 31.9. The first kappa shape index (κ1) is 19.0. The fourth-order valence-corrected chi connectivity index (χ4v) is 3.77. The minimum atomic E-state index is -0.0126. The Morgan fingerprint density at radius 1 is 1.03 bits per heavy atom. The van der Waals surface area contributed by atoms with Gasteiger partial charge in [0.05, 0.1) is 17.5 Å². The van der Waals surface area contributed by atoms with Crippen LogP contribution in [0.5, 0.6) is 0 Å². The normalized spacial score (nSPS) is 14.3. The van der Waals surface area contributed by atoms with Crippen LogP contribution in [0, 0.1) is 0 Å². The largest absolute Gasteiger partial charge is 0.368 e. The summed E-state index contributed by atoms with van der Waals surface area (Å²) in [5.74, 6) is 0.125. The summed E-state index contributed by atoms with van der Waals surface area (Å²) in [7, 11) is 1.64. The lowest BCUT2D eigenvalue weighted by Crippen LogP contribution is -2.48. The Morgan fingerprint density at radius 2 is 1.79 bits per heavy atom. The van der Waals surface area contributed by atoms with E-state index in [1.165, 1.54) is 0 Å². The lowest BCUT2D eigenvalue weighted by Gasteiger charge is -2.35. The van der Waals surface area contributed by atoms with Crippen LogP contribution in [-0.2, 0) is 16.0 Å². The van der Waals surface area contributed by atoms with Gasteiger partial charge in [0.2, 0.25) is 11.8 Å². The van der Waals surface area contributed by atoms with Crippen LogP contribution < -0.4 is 10.2 Å². The average Bonchev–Trinajstić information content (AvgIpc) is 3.17. The zero-order chi connectivity index (χ0) is 20.4. The first-order valence-corrected chi connectivity index (χ1v) is 9.82. The van der Waals surface area contributed by atoms with Gasteiger partial charge in [-0.2, -0.15) is 0 Å². The SMILES string of the molecule is CNC(=O)Cc1ccc2c(c1)ncn2-c1cccc(N2CCN(C(C)=O)CC2)c1. The van der Waals surface area contributed by atoms with E-state index in [9.17, 15) is 9.59 Å². The Labute approximate surface area is 169 Å². The molecule has 7 nitrogen and oxygen atoms in total. The summed E-state index contributed by atoms with van der Waals surface area (Å²) in [5.41, 5.74) is 5.00. The van der Waals surface area contributed by atoms with Gasteiger partial charge in [-0.05, 0) is 35.9 Å². The number of hydrogen-bond donors (Lipinski definition) is 1. The molecule has 3 aromatic rings. The van der Waals surface area contributed by atoms with Crippen LogP contribution in [-0.4, -0.2) is 59.5 Å².